The molecule has 0 N–H and O–H groups in total. The molecule has 1 atom stereocenters. The van der Waals surface area contributed by atoms with Gasteiger partial charge in [0.05, 0.1) is 11.6 Å². The van der Waals surface area contributed by atoms with Crippen LogP contribution >= 0.6 is 0 Å². The van der Waals surface area contributed by atoms with Gasteiger partial charge in [0, 0.05) is 12.3 Å². The van der Waals surface area contributed by atoms with Crippen LogP contribution in [0.5, 0.6) is 0 Å². The summed E-state index contributed by atoms with van der Waals surface area (Å²) < 4.78 is 0. The first-order valence-corrected chi connectivity index (χ1v) is 5.68. The Balaban J connectivity index is 2.22. The van der Waals surface area contributed by atoms with Crippen molar-refractivity contribution >= 4 is 17.3 Å². The topological polar surface area (TPSA) is 35.9 Å². The Kier molecular flexibility index (Phi) is 3.24. The molecule has 4 heteroatoms. The van der Waals surface area contributed by atoms with Crippen LogP contribution in [-0.2, 0) is 4.79 Å². The standard InChI is InChI=1S/C13H17N3O/c1-10-12(9-15(2)3)13(17)16(14-10)11-7-5-4-6-8-11/h4-8,12H,9H2,1-3H3. The average Bonchev–Trinajstić information content (AvgIpc) is 2.58. The number of para-hydroxylation sites is 1. The molecular weight excluding hydrogens is 214 g/mol. The maximum atomic E-state index is 12.2. The van der Waals surface area contributed by atoms with Gasteiger partial charge in [0.2, 0.25) is 0 Å². The Morgan fingerprint density at radius 3 is 2.53 bits per heavy atom. The van der Waals surface area contributed by atoms with Crippen molar-refractivity contribution in [3.8, 4) is 0 Å². The molecular formula is C13H17N3O. The molecule has 1 heterocycles. The third-order valence-electron chi connectivity index (χ3n) is 2.82. The summed E-state index contributed by atoms with van der Waals surface area (Å²) in [5.74, 6) is -0.0624. The quantitative estimate of drug-likeness (QED) is 0.792. The van der Waals surface area contributed by atoms with E-state index in [9.17, 15) is 4.79 Å². The van der Waals surface area contributed by atoms with Gasteiger partial charge in [-0.3, -0.25) is 4.79 Å². The third kappa shape index (κ3) is 2.36. The molecule has 0 aromatic heterocycles. The summed E-state index contributed by atoms with van der Waals surface area (Å²) >= 11 is 0. The molecule has 0 spiro atoms. The molecule has 0 aliphatic carbocycles. The van der Waals surface area contributed by atoms with Crippen molar-refractivity contribution in [3.63, 3.8) is 0 Å². The summed E-state index contributed by atoms with van der Waals surface area (Å²) in [6.45, 7) is 2.62. The van der Waals surface area contributed by atoms with E-state index in [2.05, 4.69) is 5.10 Å². The molecule has 1 aliphatic rings. The number of hydrogen-bond acceptors (Lipinski definition) is 3. The Bertz CT molecular complexity index is 439. The molecule has 1 aromatic carbocycles. The number of carbonyl (C=O) groups excluding carboxylic acids is 1. The molecule has 0 saturated carbocycles. The van der Waals surface area contributed by atoms with E-state index in [1.54, 1.807) is 0 Å². The van der Waals surface area contributed by atoms with E-state index in [0.29, 0.717) is 6.54 Å². The number of hydrazone groups is 1. The highest BCUT2D eigenvalue weighted by atomic mass is 16.2. The second kappa shape index (κ2) is 4.67. The Morgan fingerprint density at radius 1 is 1.29 bits per heavy atom. The molecule has 1 amide bonds. The number of amides is 1. The van der Waals surface area contributed by atoms with Gasteiger partial charge in [-0.15, -0.1) is 0 Å². The minimum absolute atomic E-state index is 0.0578. The van der Waals surface area contributed by atoms with E-state index in [0.717, 1.165) is 11.4 Å². The molecule has 4 nitrogen and oxygen atoms in total. The number of carbonyl (C=O) groups is 1. The molecule has 1 aliphatic heterocycles. The van der Waals surface area contributed by atoms with Gasteiger partial charge in [-0.25, -0.2) is 5.01 Å². The van der Waals surface area contributed by atoms with Crippen molar-refractivity contribution in [1.82, 2.24) is 4.90 Å². The molecule has 17 heavy (non-hydrogen) atoms. The monoisotopic (exact) mass is 231 g/mol. The number of hydrogen-bond donors (Lipinski definition) is 0. The molecule has 0 fully saturated rings. The van der Waals surface area contributed by atoms with Crippen LogP contribution in [0, 0.1) is 5.92 Å². The smallest absolute Gasteiger partial charge is 0.257 e. The van der Waals surface area contributed by atoms with Crippen molar-refractivity contribution in [2.45, 2.75) is 6.92 Å². The maximum Gasteiger partial charge on any atom is 0.257 e. The summed E-state index contributed by atoms with van der Waals surface area (Å²) in [6, 6.07) is 9.54. The van der Waals surface area contributed by atoms with E-state index in [4.69, 9.17) is 0 Å². The van der Waals surface area contributed by atoms with Crippen molar-refractivity contribution in [2.24, 2.45) is 11.0 Å². The fraction of sp³-hybridized carbons (Fsp3) is 0.385. The lowest BCUT2D eigenvalue weighted by molar-refractivity contribution is -0.120. The zero-order valence-electron chi connectivity index (χ0n) is 10.4. The van der Waals surface area contributed by atoms with E-state index < -0.39 is 0 Å². The SMILES string of the molecule is CC1=NN(c2ccccc2)C(=O)C1CN(C)C. The molecule has 1 aromatic rings. The zero-order valence-corrected chi connectivity index (χ0v) is 10.4. The Morgan fingerprint density at radius 2 is 1.94 bits per heavy atom. The normalized spacial score (nSPS) is 20.0. The van der Waals surface area contributed by atoms with Crippen LogP contribution in [-0.4, -0.2) is 37.2 Å². The molecule has 2 rings (SSSR count). The van der Waals surface area contributed by atoms with Gasteiger partial charge in [-0.2, -0.15) is 5.10 Å². The van der Waals surface area contributed by atoms with E-state index in [-0.39, 0.29) is 11.8 Å². The maximum absolute atomic E-state index is 12.2. The first-order valence-electron chi connectivity index (χ1n) is 5.68. The average molecular weight is 231 g/mol. The van der Waals surface area contributed by atoms with Gasteiger partial charge < -0.3 is 4.90 Å². The molecule has 0 bridgehead atoms. The van der Waals surface area contributed by atoms with Crippen LogP contribution in [0.4, 0.5) is 5.69 Å². The van der Waals surface area contributed by atoms with E-state index in [1.807, 2.05) is 56.3 Å². The largest absolute Gasteiger partial charge is 0.308 e. The van der Waals surface area contributed by atoms with Crippen molar-refractivity contribution in [3.05, 3.63) is 30.3 Å². The highest BCUT2D eigenvalue weighted by molar-refractivity contribution is 6.14. The van der Waals surface area contributed by atoms with Gasteiger partial charge in [0.15, 0.2) is 0 Å². The van der Waals surface area contributed by atoms with Crippen LogP contribution in [0.15, 0.2) is 35.4 Å². The van der Waals surface area contributed by atoms with Crippen molar-refractivity contribution < 1.29 is 4.79 Å². The van der Waals surface area contributed by atoms with Crippen LogP contribution in [0.25, 0.3) is 0 Å². The highest BCUT2D eigenvalue weighted by Gasteiger charge is 2.34. The highest BCUT2D eigenvalue weighted by Crippen LogP contribution is 2.23. The third-order valence-corrected chi connectivity index (χ3v) is 2.82. The second-order valence-corrected chi connectivity index (χ2v) is 4.54. The summed E-state index contributed by atoms with van der Waals surface area (Å²) in [7, 11) is 3.93. The fourth-order valence-electron chi connectivity index (χ4n) is 1.93. The minimum atomic E-state index is -0.120. The van der Waals surface area contributed by atoms with Crippen LogP contribution in [0.1, 0.15) is 6.92 Å². The lowest BCUT2D eigenvalue weighted by atomic mass is 10.0. The Labute approximate surface area is 102 Å². The summed E-state index contributed by atoms with van der Waals surface area (Å²) in [5.41, 5.74) is 1.71. The van der Waals surface area contributed by atoms with Gasteiger partial charge in [-0.05, 0) is 33.2 Å². The van der Waals surface area contributed by atoms with Gasteiger partial charge in [0.25, 0.3) is 5.91 Å². The molecule has 0 saturated heterocycles. The molecule has 0 radical (unpaired) electrons. The number of nitrogens with zero attached hydrogens (tertiary/aromatic N) is 3. The number of benzene rings is 1. The first-order chi connectivity index (χ1) is 8.09. The zero-order chi connectivity index (χ0) is 12.4. The summed E-state index contributed by atoms with van der Waals surface area (Å²) in [6.07, 6.45) is 0. The van der Waals surface area contributed by atoms with Gasteiger partial charge in [-0.1, -0.05) is 18.2 Å². The number of anilines is 1. The van der Waals surface area contributed by atoms with Crippen molar-refractivity contribution in [1.29, 1.82) is 0 Å². The fourth-order valence-corrected chi connectivity index (χ4v) is 1.93. The molecule has 1 unspecified atom stereocenters. The lowest BCUT2D eigenvalue weighted by Crippen LogP contribution is -2.34. The van der Waals surface area contributed by atoms with E-state index >= 15 is 0 Å². The predicted molar refractivity (Wildman–Crippen MR) is 69.1 cm³/mol. The van der Waals surface area contributed by atoms with Crippen LogP contribution in [0.3, 0.4) is 0 Å². The summed E-state index contributed by atoms with van der Waals surface area (Å²) in [5, 5.41) is 5.85. The van der Waals surface area contributed by atoms with E-state index in [1.165, 1.54) is 5.01 Å². The first kappa shape index (κ1) is 11.8. The second-order valence-electron chi connectivity index (χ2n) is 4.54. The van der Waals surface area contributed by atoms with Crippen molar-refractivity contribution in [2.75, 3.05) is 25.6 Å². The lowest BCUT2D eigenvalue weighted by Gasteiger charge is -2.17. The van der Waals surface area contributed by atoms with Crippen LogP contribution in [0.2, 0.25) is 0 Å². The van der Waals surface area contributed by atoms with Crippen LogP contribution < -0.4 is 5.01 Å². The predicted octanol–water partition coefficient (Wildman–Crippen LogP) is 1.59. The summed E-state index contributed by atoms with van der Waals surface area (Å²) in [4.78, 5) is 14.2. The van der Waals surface area contributed by atoms with Gasteiger partial charge >= 0.3 is 0 Å². The molecule has 90 valence electrons. The minimum Gasteiger partial charge on any atom is -0.308 e. The van der Waals surface area contributed by atoms with Gasteiger partial charge in [0.1, 0.15) is 0 Å². The number of rotatable bonds is 3. The Hall–Kier alpha value is -1.68.